The minimum atomic E-state index is -2.77. The lowest BCUT2D eigenvalue weighted by Crippen LogP contribution is -2.56. The number of allylic oxidation sites excluding steroid dienone is 3. The van der Waals surface area contributed by atoms with E-state index in [9.17, 15) is 18.0 Å². The Labute approximate surface area is 188 Å². The van der Waals surface area contributed by atoms with Crippen LogP contribution >= 0.6 is 0 Å². The number of halogens is 3. The Hall–Kier alpha value is -3.82. The molecule has 1 aliphatic heterocycles. The molecule has 0 amide bonds. The van der Waals surface area contributed by atoms with Crippen molar-refractivity contribution in [2.45, 2.75) is 18.4 Å². The number of aromatic nitrogens is 2. The molecule has 10 heteroatoms. The minimum Gasteiger partial charge on any atom is -0.491 e. The van der Waals surface area contributed by atoms with Gasteiger partial charge in [-0.15, -0.1) is 0 Å². The van der Waals surface area contributed by atoms with Crippen LogP contribution in [-0.2, 0) is 0 Å². The number of nitrogens with one attached hydrogen (secondary N) is 2. The molecule has 2 heterocycles. The molecule has 2 N–H and O–H groups in total. The number of methoxy groups -OCH3 is 1. The molecule has 0 spiro atoms. The molecule has 1 unspecified atom stereocenters. The van der Waals surface area contributed by atoms with Crippen LogP contribution in [0.2, 0.25) is 0 Å². The van der Waals surface area contributed by atoms with Gasteiger partial charge in [0.2, 0.25) is 0 Å². The standard InChI is InChI=1S/C23H22F3N5O2/c1-33-20-12-31(19-8-7-16(11-17(19)24)30-13-23(25,26)14-30)29-21(22(20)32)18(9-10-27)28-15-5-3-2-4-6-15/h2-5,7-12,15,27-28H,6,13-14H2,1H3/b18-9-,27-10?. The largest absolute Gasteiger partial charge is 0.491 e. The summed E-state index contributed by atoms with van der Waals surface area (Å²) in [5.74, 6) is -3.54. The summed E-state index contributed by atoms with van der Waals surface area (Å²) >= 11 is 0. The van der Waals surface area contributed by atoms with E-state index in [1.807, 2.05) is 24.3 Å². The van der Waals surface area contributed by atoms with Crippen molar-refractivity contribution in [2.75, 3.05) is 25.1 Å². The molecule has 1 aliphatic carbocycles. The van der Waals surface area contributed by atoms with Gasteiger partial charge in [-0.3, -0.25) is 4.79 Å². The molecular formula is C23H22F3N5O2. The van der Waals surface area contributed by atoms with E-state index < -0.39 is 30.3 Å². The summed E-state index contributed by atoms with van der Waals surface area (Å²) in [4.78, 5) is 14.3. The van der Waals surface area contributed by atoms with Gasteiger partial charge < -0.3 is 20.4 Å². The summed E-state index contributed by atoms with van der Waals surface area (Å²) in [6.07, 6.45) is 12.0. The molecule has 2 aromatic rings. The fraction of sp³-hybridized carbons (Fsp3) is 0.261. The second-order valence-electron chi connectivity index (χ2n) is 7.71. The van der Waals surface area contributed by atoms with Crippen LogP contribution in [0.25, 0.3) is 11.4 Å². The Morgan fingerprint density at radius 3 is 2.73 bits per heavy atom. The molecule has 4 rings (SSSR count). The number of anilines is 1. The number of alkyl halides is 2. The van der Waals surface area contributed by atoms with Gasteiger partial charge >= 0.3 is 0 Å². The number of hydrogen-bond acceptors (Lipinski definition) is 6. The molecule has 1 aromatic carbocycles. The molecule has 33 heavy (non-hydrogen) atoms. The molecule has 2 aliphatic rings. The van der Waals surface area contributed by atoms with Crippen LogP contribution in [0.1, 0.15) is 12.1 Å². The van der Waals surface area contributed by atoms with E-state index in [0.29, 0.717) is 12.1 Å². The fourth-order valence-corrected chi connectivity index (χ4v) is 3.65. The molecule has 0 saturated carbocycles. The van der Waals surface area contributed by atoms with Crippen molar-refractivity contribution >= 4 is 17.6 Å². The summed E-state index contributed by atoms with van der Waals surface area (Å²) in [5, 5.41) is 15.0. The van der Waals surface area contributed by atoms with Crippen LogP contribution < -0.4 is 20.4 Å². The quantitative estimate of drug-likeness (QED) is 0.624. The van der Waals surface area contributed by atoms with Crippen molar-refractivity contribution < 1.29 is 17.9 Å². The Bertz CT molecular complexity index is 1210. The van der Waals surface area contributed by atoms with Gasteiger partial charge in [0.15, 0.2) is 17.3 Å². The minimum absolute atomic E-state index is 0.0142. The molecule has 1 aromatic heterocycles. The smallest absolute Gasteiger partial charge is 0.282 e. The predicted octanol–water partition coefficient (Wildman–Crippen LogP) is 3.30. The van der Waals surface area contributed by atoms with E-state index in [-0.39, 0.29) is 28.9 Å². The Morgan fingerprint density at radius 1 is 1.33 bits per heavy atom. The molecule has 0 bridgehead atoms. The van der Waals surface area contributed by atoms with Gasteiger partial charge in [0.25, 0.3) is 11.4 Å². The average Bonchev–Trinajstić information content (AvgIpc) is 2.78. The topological polar surface area (TPSA) is 83.2 Å². The Balaban J connectivity index is 1.71. The zero-order valence-electron chi connectivity index (χ0n) is 17.8. The summed E-state index contributed by atoms with van der Waals surface area (Å²) < 4.78 is 47.6. The maximum Gasteiger partial charge on any atom is 0.282 e. The number of hydrogen-bond donors (Lipinski definition) is 2. The number of rotatable bonds is 7. The third-order valence-corrected chi connectivity index (χ3v) is 5.32. The van der Waals surface area contributed by atoms with Crippen LogP contribution in [0, 0.1) is 11.2 Å². The predicted molar refractivity (Wildman–Crippen MR) is 120 cm³/mol. The maximum atomic E-state index is 15.0. The first-order valence-corrected chi connectivity index (χ1v) is 10.2. The summed E-state index contributed by atoms with van der Waals surface area (Å²) in [7, 11) is 1.32. The lowest BCUT2D eigenvalue weighted by Gasteiger charge is -2.40. The van der Waals surface area contributed by atoms with Crippen LogP contribution in [-0.4, -0.2) is 48.2 Å². The summed E-state index contributed by atoms with van der Waals surface area (Å²) in [5.41, 5.74) is 0.0579. The van der Waals surface area contributed by atoms with Crippen molar-refractivity contribution in [1.82, 2.24) is 15.1 Å². The van der Waals surface area contributed by atoms with Gasteiger partial charge in [-0.05, 0) is 30.7 Å². The second kappa shape index (κ2) is 8.97. The molecule has 172 valence electrons. The third-order valence-electron chi connectivity index (χ3n) is 5.32. The number of ether oxygens (including phenoxy) is 1. The molecule has 1 fully saturated rings. The zero-order chi connectivity index (χ0) is 23.6. The van der Waals surface area contributed by atoms with Crippen molar-refractivity contribution in [3.8, 4) is 11.4 Å². The van der Waals surface area contributed by atoms with Crippen LogP contribution in [0.3, 0.4) is 0 Å². The van der Waals surface area contributed by atoms with Gasteiger partial charge in [-0.1, -0.05) is 24.3 Å². The van der Waals surface area contributed by atoms with Gasteiger partial charge in [0, 0.05) is 17.9 Å². The Morgan fingerprint density at radius 2 is 2.12 bits per heavy atom. The molecule has 1 saturated heterocycles. The second-order valence-corrected chi connectivity index (χ2v) is 7.71. The maximum absolute atomic E-state index is 15.0. The third kappa shape index (κ3) is 4.69. The molecule has 7 nitrogen and oxygen atoms in total. The highest BCUT2D eigenvalue weighted by atomic mass is 19.3. The van der Waals surface area contributed by atoms with Gasteiger partial charge in [0.05, 0.1) is 32.1 Å². The van der Waals surface area contributed by atoms with E-state index in [1.165, 1.54) is 36.4 Å². The molecule has 0 radical (unpaired) electrons. The van der Waals surface area contributed by atoms with E-state index in [4.69, 9.17) is 10.1 Å². The van der Waals surface area contributed by atoms with Crippen molar-refractivity contribution in [3.05, 3.63) is 76.5 Å². The van der Waals surface area contributed by atoms with E-state index >= 15 is 0 Å². The lowest BCUT2D eigenvalue weighted by atomic mass is 10.1. The fourth-order valence-electron chi connectivity index (χ4n) is 3.65. The van der Waals surface area contributed by atoms with Crippen molar-refractivity contribution in [2.24, 2.45) is 0 Å². The van der Waals surface area contributed by atoms with Crippen LogP contribution in [0.4, 0.5) is 18.9 Å². The number of benzene rings is 1. The highest BCUT2D eigenvalue weighted by molar-refractivity contribution is 5.81. The molecular weight excluding hydrogens is 435 g/mol. The average molecular weight is 457 g/mol. The first-order chi connectivity index (χ1) is 15.8. The van der Waals surface area contributed by atoms with E-state index in [1.54, 1.807) is 0 Å². The van der Waals surface area contributed by atoms with Crippen LogP contribution in [0.15, 0.2) is 59.6 Å². The van der Waals surface area contributed by atoms with Gasteiger partial charge in [0.1, 0.15) is 5.69 Å². The van der Waals surface area contributed by atoms with Gasteiger partial charge in [-0.2, -0.15) is 5.10 Å². The van der Waals surface area contributed by atoms with E-state index in [2.05, 4.69) is 10.4 Å². The zero-order valence-corrected chi connectivity index (χ0v) is 17.8. The highest BCUT2D eigenvalue weighted by Gasteiger charge is 2.44. The first kappa shape index (κ1) is 22.4. The normalized spacial score (nSPS) is 19.2. The van der Waals surface area contributed by atoms with Crippen molar-refractivity contribution in [1.29, 1.82) is 5.41 Å². The highest BCUT2D eigenvalue weighted by Crippen LogP contribution is 2.33. The van der Waals surface area contributed by atoms with E-state index in [0.717, 1.165) is 17.0 Å². The van der Waals surface area contributed by atoms with Crippen LogP contribution in [0.5, 0.6) is 5.75 Å². The summed E-state index contributed by atoms with van der Waals surface area (Å²) in [6, 6.07) is 3.96. The molecule has 1 atom stereocenters. The Kier molecular flexibility index (Phi) is 6.08. The summed E-state index contributed by atoms with van der Waals surface area (Å²) in [6.45, 7) is -0.928. The lowest BCUT2D eigenvalue weighted by molar-refractivity contribution is -0.0262. The SMILES string of the molecule is COc1cn(-c2ccc(N3CC(F)(F)C3)cc2F)nc(/C(=C/C=N)NC2C=CC=CC2)c1=O. The van der Waals surface area contributed by atoms with Crippen molar-refractivity contribution in [3.63, 3.8) is 0 Å². The van der Waals surface area contributed by atoms with Gasteiger partial charge in [-0.25, -0.2) is 17.9 Å². The number of nitrogens with zero attached hydrogens (tertiary/aromatic N) is 3. The monoisotopic (exact) mass is 457 g/mol. The first-order valence-electron chi connectivity index (χ1n) is 10.2.